The quantitative estimate of drug-likeness (QED) is 0.776. The van der Waals surface area contributed by atoms with E-state index in [4.69, 9.17) is 0 Å². The Hall–Kier alpha value is -0.0800. The fourth-order valence-corrected chi connectivity index (χ4v) is 4.21. The third kappa shape index (κ3) is 3.71. The number of piperidine rings is 1. The molecule has 4 atom stereocenters. The molecule has 2 heteroatoms. The fourth-order valence-electron chi connectivity index (χ4n) is 4.21. The van der Waals surface area contributed by atoms with Gasteiger partial charge in [0.2, 0.25) is 0 Å². The second kappa shape index (κ2) is 6.91. The zero-order valence-electron chi connectivity index (χ0n) is 12.6. The van der Waals surface area contributed by atoms with Gasteiger partial charge < -0.3 is 5.32 Å². The van der Waals surface area contributed by atoms with Crippen molar-refractivity contribution in [2.24, 2.45) is 11.8 Å². The van der Waals surface area contributed by atoms with Gasteiger partial charge in [-0.2, -0.15) is 0 Å². The molecule has 1 N–H and O–H groups in total. The minimum Gasteiger partial charge on any atom is -0.313 e. The first kappa shape index (κ1) is 14.3. The number of hydrogen-bond acceptors (Lipinski definition) is 2. The molecule has 0 aromatic carbocycles. The highest BCUT2D eigenvalue weighted by atomic mass is 15.2. The molecule has 2 fully saturated rings. The van der Waals surface area contributed by atoms with Crippen molar-refractivity contribution in [1.82, 2.24) is 10.2 Å². The van der Waals surface area contributed by atoms with E-state index < -0.39 is 0 Å². The Bertz CT molecular complexity index is 231. The number of rotatable bonds is 3. The van der Waals surface area contributed by atoms with Crippen LogP contribution in [0, 0.1) is 11.8 Å². The van der Waals surface area contributed by atoms with Crippen LogP contribution < -0.4 is 5.32 Å². The highest BCUT2D eigenvalue weighted by molar-refractivity contribution is 4.89. The van der Waals surface area contributed by atoms with Gasteiger partial charge in [-0.25, -0.2) is 0 Å². The summed E-state index contributed by atoms with van der Waals surface area (Å²) in [5, 5.41) is 3.76. The lowest BCUT2D eigenvalue weighted by Crippen LogP contribution is -2.53. The van der Waals surface area contributed by atoms with E-state index in [0.29, 0.717) is 0 Å². The van der Waals surface area contributed by atoms with Crippen molar-refractivity contribution in [2.45, 2.75) is 71.4 Å². The van der Waals surface area contributed by atoms with E-state index in [1.54, 1.807) is 0 Å². The van der Waals surface area contributed by atoms with E-state index in [1.165, 1.54) is 51.6 Å². The van der Waals surface area contributed by atoms with Crippen LogP contribution in [0.1, 0.15) is 59.3 Å². The first-order chi connectivity index (χ1) is 8.70. The zero-order chi connectivity index (χ0) is 13.0. The Morgan fingerprint density at radius 1 is 1.00 bits per heavy atom. The lowest BCUT2D eigenvalue weighted by atomic mass is 9.88. The second-order valence-corrected chi connectivity index (χ2v) is 6.77. The molecule has 18 heavy (non-hydrogen) atoms. The van der Waals surface area contributed by atoms with Gasteiger partial charge in [0.1, 0.15) is 0 Å². The first-order valence-corrected chi connectivity index (χ1v) is 8.18. The van der Waals surface area contributed by atoms with Crippen molar-refractivity contribution >= 4 is 0 Å². The van der Waals surface area contributed by atoms with Gasteiger partial charge in [0, 0.05) is 25.2 Å². The molecule has 106 valence electrons. The third-order valence-corrected chi connectivity index (χ3v) is 4.81. The second-order valence-electron chi connectivity index (χ2n) is 6.77. The van der Waals surface area contributed by atoms with E-state index in [1.807, 2.05) is 0 Å². The van der Waals surface area contributed by atoms with Crippen LogP contribution in [0.5, 0.6) is 0 Å². The van der Waals surface area contributed by atoms with Crippen LogP contribution in [-0.2, 0) is 0 Å². The number of likely N-dealkylation sites (tertiary alicyclic amines) is 1. The Kier molecular flexibility index (Phi) is 5.50. The number of nitrogens with zero attached hydrogens (tertiary/aromatic N) is 1. The summed E-state index contributed by atoms with van der Waals surface area (Å²) in [4.78, 5) is 2.82. The predicted molar refractivity (Wildman–Crippen MR) is 78.9 cm³/mol. The van der Waals surface area contributed by atoms with Gasteiger partial charge in [-0.05, 0) is 37.6 Å². The molecule has 4 unspecified atom stereocenters. The Morgan fingerprint density at radius 2 is 1.67 bits per heavy atom. The zero-order valence-corrected chi connectivity index (χ0v) is 12.6. The largest absolute Gasteiger partial charge is 0.313 e. The Labute approximate surface area is 114 Å². The summed E-state index contributed by atoms with van der Waals surface area (Å²) < 4.78 is 0. The molecule has 0 aromatic rings. The minimum atomic E-state index is 0.745. The predicted octanol–water partition coefficient (Wildman–Crippen LogP) is 3.28. The van der Waals surface area contributed by atoms with E-state index >= 15 is 0 Å². The minimum absolute atomic E-state index is 0.745. The topological polar surface area (TPSA) is 15.3 Å². The number of likely N-dealkylation sites (N-methyl/N-ethyl adjacent to an activating group) is 1. The lowest BCUT2D eigenvalue weighted by molar-refractivity contribution is 0.0714. The van der Waals surface area contributed by atoms with Crippen LogP contribution in [0.3, 0.4) is 0 Å². The van der Waals surface area contributed by atoms with Crippen LogP contribution in [0.4, 0.5) is 0 Å². The van der Waals surface area contributed by atoms with Gasteiger partial charge >= 0.3 is 0 Å². The molecule has 2 rings (SSSR count). The lowest BCUT2D eigenvalue weighted by Gasteiger charge is -2.43. The normalized spacial score (nSPS) is 39.5. The van der Waals surface area contributed by atoms with Crippen molar-refractivity contribution in [3.8, 4) is 0 Å². The van der Waals surface area contributed by atoms with Crippen LogP contribution in [0.15, 0.2) is 0 Å². The summed E-state index contributed by atoms with van der Waals surface area (Å²) in [6, 6.07) is 1.55. The van der Waals surface area contributed by atoms with Crippen LogP contribution in [0.25, 0.3) is 0 Å². The molecule has 0 aromatic heterocycles. The van der Waals surface area contributed by atoms with Crippen molar-refractivity contribution < 1.29 is 0 Å². The monoisotopic (exact) mass is 252 g/mol. The summed E-state index contributed by atoms with van der Waals surface area (Å²) in [6.45, 7) is 10.9. The number of hydrogen-bond donors (Lipinski definition) is 1. The molecule has 1 saturated heterocycles. The molecule has 2 nitrogen and oxygen atoms in total. The van der Waals surface area contributed by atoms with Crippen molar-refractivity contribution in [3.05, 3.63) is 0 Å². The molecule has 1 aliphatic heterocycles. The Balaban J connectivity index is 2.01. The maximum absolute atomic E-state index is 3.76. The molecule has 0 amide bonds. The van der Waals surface area contributed by atoms with Gasteiger partial charge in [-0.3, -0.25) is 4.90 Å². The van der Waals surface area contributed by atoms with Crippen LogP contribution in [0.2, 0.25) is 0 Å². The average molecular weight is 252 g/mol. The van der Waals surface area contributed by atoms with Crippen molar-refractivity contribution in [3.63, 3.8) is 0 Å². The first-order valence-electron chi connectivity index (χ1n) is 8.18. The van der Waals surface area contributed by atoms with E-state index in [0.717, 1.165) is 30.5 Å². The summed E-state index contributed by atoms with van der Waals surface area (Å²) in [5.74, 6) is 1.78. The smallest absolute Gasteiger partial charge is 0.0249 e. The molecular weight excluding hydrogens is 220 g/mol. The molecule has 1 heterocycles. The average Bonchev–Trinajstić information content (AvgIpc) is 2.54. The molecule has 0 spiro atoms. The summed E-state index contributed by atoms with van der Waals surface area (Å²) in [6.07, 6.45) is 8.53. The summed E-state index contributed by atoms with van der Waals surface area (Å²) in [7, 11) is 0. The van der Waals surface area contributed by atoms with E-state index in [-0.39, 0.29) is 0 Å². The van der Waals surface area contributed by atoms with Gasteiger partial charge in [0.15, 0.2) is 0 Å². The SMILES string of the molecule is CCNC1CCCCCC1N1CC(C)CC(C)C1. The summed E-state index contributed by atoms with van der Waals surface area (Å²) >= 11 is 0. The van der Waals surface area contributed by atoms with Crippen LogP contribution in [-0.4, -0.2) is 36.6 Å². The molecular formula is C16H32N2. The summed E-state index contributed by atoms with van der Waals surface area (Å²) in [5.41, 5.74) is 0. The third-order valence-electron chi connectivity index (χ3n) is 4.81. The highest BCUT2D eigenvalue weighted by Gasteiger charge is 2.32. The van der Waals surface area contributed by atoms with Crippen LogP contribution >= 0.6 is 0 Å². The number of nitrogens with one attached hydrogen (secondary N) is 1. The molecule has 2 aliphatic rings. The molecule has 1 saturated carbocycles. The Morgan fingerprint density at radius 3 is 2.33 bits per heavy atom. The van der Waals surface area contributed by atoms with Gasteiger partial charge in [0.05, 0.1) is 0 Å². The van der Waals surface area contributed by atoms with Crippen molar-refractivity contribution in [2.75, 3.05) is 19.6 Å². The maximum Gasteiger partial charge on any atom is 0.0249 e. The van der Waals surface area contributed by atoms with Gasteiger partial charge in [-0.15, -0.1) is 0 Å². The molecule has 0 bridgehead atoms. The van der Waals surface area contributed by atoms with Crippen molar-refractivity contribution in [1.29, 1.82) is 0 Å². The molecule has 1 aliphatic carbocycles. The van der Waals surface area contributed by atoms with E-state index in [9.17, 15) is 0 Å². The fraction of sp³-hybridized carbons (Fsp3) is 1.00. The standard InChI is InChI=1S/C16H32N2/c1-4-17-15-8-6-5-7-9-16(15)18-11-13(2)10-14(3)12-18/h13-17H,4-12H2,1-3H3. The molecule has 0 radical (unpaired) electrons. The maximum atomic E-state index is 3.76. The highest BCUT2D eigenvalue weighted by Crippen LogP contribution is 2.28. The van der Waals surface area contributed by atoms with Gasteiger partial charge in [-0.1, -0.05) is 40.0 Å². The van der Waals surface area contributed by atoms with Gasteiger partial charge in [0.25, 0.3) is 0 Å². The van der Waals surface area contributed by atoms with E-state index in [2.05, 4.69) is 31.0 Å².